The highest BCUT2D eigenvalue weighted by Gasteiger charge is 2.30. The van der Waals surface area contributed by atoms with Crippen LogP contribution in [0.25, 0.3) is 0 Å². The summed E-state index contributed by atoms with van der Waals surface area (Å²) in [5.41, 5.74) is 12.8. The summed E-state index contributed by atoms with van der Waals surface area (Å²) in [6, 6.07) is 5.23. The molecule has 1 aromatic rings. The van der Waals surface area contributed by atoms with Gasteiger partial charge < -0.3 is 5.73 Å². The monoisotopic (exact) mass is 526 g/mol. The molecule has 2 N–H and O–H groups in total. The summed E-state index contributed by atoms with van der Waals surface area (Å²) in [6.07, 6.45) is 34.6. The summed E-state index contributed by atoms with van der Waals surface area (Å²) in [4.78, 5) is 0. The van der Waals surface area contributed by atoms with Crippen molar-refractivity contribution in [3.05, 3.63) is 34.4 Å². The Bertz CT molecular complexity index is 692. The molecule has 1 heteroatoms. The number of benzene rings is 1. The molecule has 1 nitrogen and oxygen atoms in total. The quantitative estimate of drug-likeness (QED) is 0.133. The van der Waals surface area contributed by atoms with Gasteiger partial charge in [-0.15, -0.1) is 0 Å². The first-order valence-corrected chi connectivity index (χ1v) is 17.6. The van der Waals surface area contributed by atoms with Gasteiger partial charge in [-0.05, 0) is 98.4 Å². The van der Waals surface area contributed by atoms with Crippen LogP contribution in [0.3, 0.4) is 0 Å². The SMILES string of the molecule is CCCCCCCCCc1ccc2c(c1CCCCCCCCN)CCC(CCCCC)C2CCCCC. The highest BCUT2D eigenvalue weighted by atomic mass is 14.5. The van der Waals surface area contributed by atoms with Crippen molar-refractivity contribution in [1.29, 1.82) is 0 Å². The van der Waals surface area contributed by atoms with Gasteiger partial charge in [0, 0.05) is 0 Å². The lowest BCUT2D eigenvalue weighted by molar-refractivity contribution is 0.316. The summed E-state index contributed by atoms with van der Waals surface area (Å²) >= 11 is 0. The molecule has 1 aliphatic carbocycles. The minimum absolute atomic E-state index is 0.824. The molecule has 0 spiro atoms. The number of rotatable bonds is 24. The third kappa shape index (κ3) is 12.6. The Balaban J connectivity index is 2.12. The van der Waals surface area contributed by atoms with Gasteiger partial charge in [0.2, 0.25) is 0 Å². The van der Waals surface area contributed by atoms with Gasteiger partial charge in [0.25, 0.3) is 0 Å². The van der Waals surface area contributed by atoms with Crippen molar-refractivity contribution in [1.82, 2.24) is 0 Å². The Kier molecular flexibility index (Phi) is 19.3. The molecule has 0 saturated heterocycles. The van der Waals surface area contributed by atoms with Crippen molar-refractivity contribution in [3.8, 4) is 0 Å². The van der Waals surface area contributed by atoms with Crippen molar-refractivity contribution in [2.24, 2.45) is 11.7 Å². The fourth-order valence-electron chi connectivity index (χ4n) is 7.17. The smallest absolute Gasteiger partial charge is 0.00773 e. The van der Waals surface area contributed by atoms with Crippen LogP contribution in [0.5, 0.6) is 0 Å². The zero-order valence-electron chi connectivity index (χ0n) is 26.3. The van der Waals surface area contributed by atoms with E-state index in [1.54, 1.807) is 11.1 Å². The van der Waals surface area contributed by atoms with Gasteiger partial charge in [-0.1, -0.05) is 136 Å². The van der Waals surface area contributed by atoms with Crippen LogP contribution in [0, 0.1) is 5.92 Å². The molecular formula is C37H67N. The first-order valence-electron chi connectivity index (χ1n) is 17.6. The van der Waals surface area contributed by atoms with E-state index in [2.05, 4.69) is 32.9 Å². The second-order valence-electron chi connectivity index (χ2n) is 12.7. The summed E-state index contributed by atoms with van der Waals surface area (Å²) in [6.45, 7) is 7.89. The van der Waals surface area contributed by atoms with E-state index in [0.29, 0.717) is 0 Å². The number of fused-ring (bicyclic) bond motifs is 1. The maximum Gasteiger partial charge on any atom is -0.00773 e. The maximum atomic E-state index is 5.70. The van der Waals surface area contributed by atoms with E-state index in [9.17, 15) is 0 Å². The summed E-state index contributed by atoms with van der Waals surface area (Å²) < 4.78 is 0. The summed E-state index contributed by atoms with van der Waals surface area (Å²) in [5.74, 6) is 1.75. The van der Waals surface area contributed by atoms with Crippen LogP contribution in [0.4, 0.5) is 0 Å². The highest BCUT2D eigenvalue weighted by molar-refractivity contribution is 5.45. The highest BCUT2D eigenvalue weighted by Crippen LogP contribution is 2.44. The van der Waals surface area contributed by atoms with Crippen molar-refractivity contribution < 1.29 is 0 Å². The maximum absolute atomic E-state index is 5.70. The minimum Gasteiger partial charge on any atom is -0.330 e. The van der Waals surface area contributed by atoms with E-state index < -0.39 is 0 Å². The van der Waals surface area contributed by atoms with Crippen LogP contribution < -0.4 is 5.73 Å². The number of hydrogen-bond acceptors (Lipinski definition) is 1. The minimum atomic E-state index is 0.824. The van der Waals surface area contributed by atoms with Gasteiger partial charge in [-0.2, -0.15) is 0 Å². The van der Waals surface area contributed by atoms with Gasteiger partial charge in [0.05, 0.1) is 0 Å². The number of hydrogen-bond donors (Lipinski definition) is 1. The fraction of sp³-hybridized carbons (Fsp3) is 0.838. The molecule has 0 saturated carbocycles. The first kappa shape index (κ1) is 33.4. The summed E-state index contributed by atoms with van der Waals surface area (Å²) in [7, 11) is 0. The van der Waals surface area contributed by atoms with E-state index in [1.165, 1.54) is 161 Å². The lowest BCUT2D eigenvalue weighted by atomic mass is 9.69. The van der Waals surface area contributed by atoms with E-state index in [0.717, 1.165) is 18.4 Å². The molecule has 0 fully saturated rings. The van der Waals surface area contributed by atoms with Crippen molar-refractivity contribution in [2.75, 3.05) is 6.54 Å². The zero-order chi connectivity index (χ0) is 27.3. The molecule has 2 atom stereocenters. The average molecular weight is 526 g/mol. The largest absolute Gasteiger partial charge is 0.330 e. The molecule has 1 aromatic carbocycles. The Morgan fingerprint density at radius 1 is 0.605 bits per heavy atom. The number of nitrogens with two attached hydrogens (primary N) is 1. The number of aryl methyl sites for hydroxylation is 1. The fourth-order valence-corrected chi connectivity index (χ4v) is 7.17. The van der Waals surface area contributed by atoms with Gasteiger partial charge in [-0.25, -0.2) is 0 Å². The number of unbranched alkanes of at least 4 members (excludes halogenated alkanes) is 15. The Labute approximate surface area is 239 Å². The lowest BCUT2D eigenvalue weighted by Gasteiger charge is -2.36. The predicted octanol–water partition coefficient (Wildman–Crippen LogP) is 11.6. The summed E-state index contributed by atoms with van der Waals surface area (Å²) in [5, 5.41) is 0. The Morgan fingerprint density at radius 2 is 1.16 bits per heavy atom. The second-order valence-corrected chi connectivity index (χ2v) is 12.7. The van der Waals surface area contributed by atoms with E-state index in [4.69, 9.17) is 5.73 Å². The molecule has 0 bridgehead atoms. The molecule has 0 aromatic heterocycles. The molecule has 0 radical (unpaired) electrons. The molecule has 2 rings (SSSR count). The lowest BCUT2D eigenvalue weighted by Crippen LogP contribution is -2.23. The van der Waals surface area contributed by atoms with Crippen molar-refractivity contribution >= 4 is 0 Å². The van der Waals surface area contributed by atoms with Gasteiger partial charge in [0.15, 0.2) is 0 Å². The standard InChI is InChI=1S/C37H67N/c1-4-7-10-11-12-15-20-24-33-28-30-36-34(25-19-9-6-3)32(23-18-8-5-2)27-29-37(36)35(33)26-21-16-13-14-17-22-31-38/h28,30,32,34H,4-27,29,31,38H2,1-3H3. The van der Waals surface area contributed by atoms with E-state index in [1.807, 2.05) is 11.1 Å². The predicted molar refractivity (Wildman–Crippen MR) is 171 cm³/mol. The molecule has 2 unspecified atom stereocenters. The van der Waals surface area contributed by atoms with Crippen molar-refractivity contribution in [3.63, 3.8) is 0 Å². The second kappa shape index (κ2) is 21.9. The molecule has 0 aliphatic heterocycles. The van der Waals surface area contributed by atoms with Gasteiger partial charge in [-0.3, -0.25) is 0 Å². The van der Waals surface area contributed by atoms with Crippen LogP contribution in [0.1, 0.15) is 190 Å². The van der Waals surface area contributed by atoms with Gasteiger partial charge >= 0.3 is 0 Å². The Morgan fingerprint density at radius 3 is 1.82 bits per heavy atom. The third-order valence-corrected chi connectivity index (χ3v) is 9.53. The van der Waals surface area contributed by atoms with Crippen LogP contribution in [-0.2, 0) is 19.3 Å². The van der Waals surface area contributed by atoms with Crippen LogP contribution >= 0.6 is 0 Å². The van der Waals surface area contributed by atoms with Crippen LogP contribution in [0.15, 0.2) is 12.1 Å². The third-order valence-electron chi connectivity index (χ3n) is 9.53. The topological polar surface area (TPSA) is 26.0 Å². The van der Waals surface area contributed by atoms with Crippen molar-refractivity contribution in [2.45, 2.75) is 187 Å². The zero-order valence-corrected chi connectivity index (χ0v) is 26.3. The van der Waals surface area contributed by atoms with Gasteiger partial charge in [0.1, 0.15) is 0 Å². The Hall–Kier alpha value is -0.820. The molecule has 220 valence electrons. The molecule has 0 amide bonds. The normalized spacial score (nSPS) is 17.2. The first-order chi connectivity index (χ1) is 18.8. The average Bonchev–Trinajstić information content (AvgIpc) is 2.93. The van der Waals surface area contributed by atoms with E-state index >= 15 is 0 Å². The van der Waals surface area contributed by atoms with Crippen LogP contribution in [-0.4, -0.2) is 6.54 Å². The molecular weight excluding hydrogens is 458 g/mol. The molecule has 38 heavy (non-hydrogen) atoms. The van der Waals surface area contributed by atoms with Crippen LogP contribution in [0.2, 0.25) is 0 Å². The molecule has 1 aliphatic rings. The van der Waals surface area contributed by atoms with E-state index in [-0.39, 0.29) is 0 Å². The molecule has 0 heterocycles.